The van der Waals surface area contributed by atoms with Crippen LogP contribution in [0, 0.1) is 72.6 Å². The van der Waals surface area contributed by atoms with E-state index in [4.69, 9.17) is 77.0 Å². The van der Waals surface area contributed by atoms with E-state index in [2.05, 4.69) is 205 Å². The molecule has 0 aromatic heterocycles. The summed E-state index contributed by atoms with van der Waals surface area (Å²) < 4.78 is 25.6. The van der Waals surface area contributed by atoms with Crippen LogP contribution in [0.4, 0.5) is 0 Å². The minimum Gasteiger partial charge on any atom is -0.454 e. The first-order valence-corrected chi connectivity index (χ1v) is 44.5. The molecule has 4 aliphatic heterocycles. The number of piperidine rings is 4. The van der Waals surface area contributed by atoms with Crippen LogP contribution in [-0.4, -0.2) is 67.4 Å². The van der Waals surface area contributed by atoms with Gasteiger partial charge >= 0.3 is 0 Å². The maximum Gasteiger partial charge on any atom is 0.163 e. The van der Waals surface area contributed by atoms with E-state index in [1.54, 1.807) is 133 Å². The molecule has 4 aliphatic rings. The molecule has 120 heavy (non-hydrogen) atoms. The molecule has 0 radical (unpaired) electrons. The Hall–Kier alpha value is -7.42. The molecule has 4 N–H and O–H groups in total. The molecule has 12 rings (SSSR count). The highest BCUT2D eigenvalue weighted by atomic mass is 127. The van der Waals surface area contributed by atoms with Crippen molar-refractivity contribution in [2.45, 2.75) is 232 Å². The lowest BCUT2D eigenvalue weighted by Gasteiger charge is -2.46. The number of hydrogen-bond acceptors (Lipinski definition) is 16. The normalized spacial score (nSPS) is 17.9. The van der Waals surface area contributed by atoms with Gasteiger partial charge in [-0.1, -0.05) is 92.1 Å². The first-order valence-electron chi connectivity index (χ1n) is 39.9. The van der Waals surface area contributed by atoms with Gasteiger partial charge in [0.2, 0.25) is 0 Å². The van der Waals surface area contributed by atoms with E-state index in [1.165, 1.54) is 0 Å². The second-order valence-electron chi connectivity index (χ2n) is 37.1. The number of hydrogen-bond donors (Lipinski definition) is 4. The van der Waals surface area contributed by atoms with E-state index in [0.29, 0.717) is 164 Å². The van der Waals surface area contributed by atoms with Crippen molar-refractivity contribution >= 4 is 136 Å². The number of benzene rings is 8. The van der Waals surface area contributed by atoms with Crippen molar-refractivity contribution in [1.82, 2.24) is 21.3 Å². The average molecular weight is 1960 g/mol. The lowest BCUT2D eigenvalue weighted by molar-refractivity contribution is 0.0852. The van der Waals surface area contributed by atoms with Crippen LogP contribution in [0.3, 0.4) is 0 Å². The molecule has 16 nitrogen and oxygen atoms in total. The van der Waals surface area contributed by atoms with Crippen LogP contribution >= 0.6 is 112 Å². The Morgan fingerprint density at radius 1 is 0.342 bits per heavy atom. The van der Waals surface area contributed by atoms with E-state index < -0.39 is 0 Å². The number of halogens is 8. The summed E-state index contributed by atoms with van der Waals surface area (Å²) in [6, 6.07) is 49.5. The van der Waals surface area contributed by atoms with E-state index in [1.807, 2.05) is 18.2 Å². The molecule has 8 aromatic rings. The highest BCUT2D eigenvalue weighted by molar-refractivity contribution is 14.1. The highest BCUT2D eigenvalue weighted by Crippen LogP contribution is 2.44. The highest BCUT2D eigenvalue weighted by Gasteiger charge is 2.43. The predicted molar refractivity (Wildman–Crippen MR) is 496 cm³/mol. The Balaban J connectivity index is 0.000000182. The molecule has 0 unspecified atom stereocenters. The molecule has 0 atom stereocenters. The van der Waals surface area contributed by atoms with Gasteiger partial charge in [-0.25, -0.2) is 0 Å². The molecule has 24 heteroatoms. The fraction of sp³-hybridized carbons (Fsp3) is 0.417. The number of ether oxygens (including phenoxy) is 4. The fourth-order valence-electron chi connectivity index (χ4n) is 18.5. The first kappa shape index (κ1) is 96.4. The molecule has 632 valence electrons. The number of rotatable bonds is 20. The van der Waals surface area contributed by atoms with Crippen LogP contribution in [0.25, 0.3) is 0 Å². The zero-order chi connectivity index (χ0) is 88.4. The topological polar surface area (TPSA) is 248 Å². The predicted octanol–water partition coefficient (Wildman–Crippen LogP) is 27.3. The third-order valence-corrected chi connectivity index (χ3v) is 24.8. The molecule has 4 fully saturated rings. The number of nitriles is 4. The Morgan fingerprint density at radius 3 is 0.908 bits per heavy atom. The summed E-state index contributed by atoms with van der Waals surface area (Å²) in [5, 5.41) is 53.6. The first-order chi connectivity index (χ1) is 56.0. The van der Waals surface area contributed by atoms with Gasteiger partial charge in [-0.3, -0.25) is 19.2 Å². The van der Waals surface area contributed by atoms with E-state index >= 15 is 0 Å². The number of Topliss-reactive ketones (excluding diaryl/α,β-unsaturated/α-hetero) is 4. The summed E-state index contributed by atoms with van der Waals surface area (Å²) >= 11 is 40.5. The zero-order valence-electron chi connectivity index (χ0n) is 70.7. The molecule has 0 aliphatic carbocycles. The van der Waals surface area contributed by atoms with Gasteiger partial charge in [-0.15, -0.1) is 0 Å². The molecule has 4 saturated heterocycles. The van der Waals surface area contributed by atoms with Gasteiger partial charge in [0, 0.05) is 105 Å². The van der Waals surface area contributed by atoms with Crippen molar-refractivity contribution in [2.75, 3.05) is 0 Å². The molecule has 0 saturated carbocycles. The van der Waals surface area contributed by atoms with Gasteiger partial charge in [-0.05, 0) is 352 Å². The fourth-order valence-corrected chi connectivity index (χ4v) is 21.0. The maximum absolute atomic E-state index is 12.9. The monoisotopic (exact) mass is 1960 g/mol. The lowest BCUT2D eigenvalue weighted by Crippen LogP contribution is -2.58. The number of ketones is 4. The third kappa shape index (κ3) is 27.5. The minimum atomic E-state index is -0.00253. The summed E-state index contributed by atoms with van der Waals surface area (Å²) in [5.74, 6) is 4.81. The van der Waals surface area contributed by atoms with Crippen LogP contribution in [0.5, 0.6) is 46.0 Å². The Labute approximate surface area is 763 Å². The average Bonchev–Trinajstić information content (AvgIpc) is 0.810. The molecule has 0 amide bonds. The molecular weight excluding hydrogens is 1860 g/mol. The lowest BCUT2D eigenvalue weighted by atomic mass is 9.74. The van der Waals surface area contributed by atoms with Crippen molar-refractivity contribution in [2.24, 2.45) is 23.7 Å². The van der Waals surface area contributed by atoms with Crippen LogP contribution in [0.2, 0.25) is 25.1 Å². The summed E-state index contributed by atoms with van der Waals surface area (Å²) in [6.07, 6.45) is 9.61. The Kier molecular flexibility index (Phi) is 32.2. The summed E-state index contributed by atoms with van der Waals surface area (Å²) in [4.78, 5) is 51.7. The van der Waals surface area contributed by atoms with E-state index in [0.717, 1.165) is 59.4 Å². The number of carbonyl (C=O) groups excluding carboxylic acids is 4. The van der Waals surface area contributed by atoms with Crippen molar-refractivity contribution in [1.29, 1.82) is 21.0 Å². The van der Waals surface area contributed by atoms with Gasteiger partial charge in [0.1, 0.15) is 87.0 Å². The van der Waals surface area contributed by atoms with Crippen LogP contribution in [0.1, 0.15) is 252 Å². The number of nitrogens with one attached hydrogen (secondary N) is 4. The van der Waals surface area contributed by atoms with Gasteiger partial charge in [0.05, 0.1) is 30.7 Å². The smallest absolute Gasteiger partial charge is 0.163 e. The third-order valence-electron chi connectivity index (χ3n) is 21.2. The van der Waals surface area contributed by atoms with E-state index in [9.17, 15) is 40.2 Å². The minimum absolute atomic E-state index is 0.00253. The van der Waals surface area contributed by atoms with Gasteiger partial charge < -0.3 is 40.2 Å². The van der Waals surface area contributed by atoms with Gasteiger partial charge in [0.15, 0.2) is 23.1 Å². The standard InChI is InChI=1S/2C24H26BrClN2O2.C24H26Cl2N2O2.C24H26ClIN2O2/c1-23(2)12-15(13-24(3,4)28-23)9-20(29)16-6-8-21(19(26)10-16)30-22-11-18(25)7-5-17(22)14-27;2*1-23(2)12-15(13-24(3,4)28-23)10-20(29)16-8-9-22(19(26)11-16)30-21-7-5-6-18(25)17(21)14-27;1-23(2)12-15(13-24(3,4)28-23)10-20(29)16-8-9-22(18(25)11-16)30-21-7-5-6-19(26)17(21)14-27/h5-8,10-11,15,28H,9,12-13H2,1-4H3;3*5-9,11,15,28H,10,12-13H2,1-4H3. The molecule has 8 aromatic carbocycles. The van der Waals surface area contributed by atoms with Crippen molar-refractivity contribution in [3.05, 3.63) is 228 Å². The van der Waals surface area contributed by atoms with Gasteiger partial charge in [0.25, 0.3) is 0 Å². The quantitative estimate of drug-likeness (QED) is 0.0409. The summed E-state index contributed by atoms with van der Waals surface area (Å²) in [6.45, 7) is 35.0. The van der Waals surface area contributed by atoms with Crippen LogP contribution in [0.15, 0.2) is 155 Å². The number of nitrogens with zero attached hydrogens (tertiary/aromatic N) is 4. The molecule has 4 heterocycles. The Morgan fingerprint density at radius 2 is 0.617 bits per heavy atom. The van der Waals surface area contributed by atoms with Crippen molar-refractivity contribution < 1.29 is 38.1 Å². The zero-order valence-corrected chi connectivity index (χ0v) is 79.8. The molecule has 0 spiro atoms. The van der Waals surface area contributed by atoms with Crippen LogP contribution in [-0.2, 0) is 0 Å². The number of carbonyl (C=O) groups is 4. The van der Waals surface area contributed by atoms with E-state index in [-0.39, 0.29) is 73.0 Å². The van der Waals surface area contributed by atoms with Gasteiger partial charge in [-0.2, -0.15) is 21.0 Å². The SMILES string of the molecule is CC1(C)CC(CC(=O)c2ccc(Oc3cc(Br)ccc3C#N)c(Cl)c2)CC(C)(C)N1.CC1(C)CC(CC(=O)c2ccc(Oc3cccc(Br)c3C#N)c(Cl)c2)CC(C)(C)N1.CC1(C)CC(CC(=O)c2ccc(Oc3cccc(Cl)c3C#N)c(Cl)c2)CC(C)(C)N1.CC1(C)CC(CC(=O)c2ccc(Oc3cccc(I)c3C#N)c(Cl)c2)CC(C)(C)N1. The second-order valence-corrected chi connectivity index (χ2v) is 42.1. The largest absolute Gasteiger partial charge is 0.454 e. The van der Waals surface area contributed by atoms with Crippen molar-refractivity contribution in [3.63, 3.8) is 0 Å². The maximum atomic E-state index is 12.9. The summed E-state index contributed by atoms with van der Waals surface area (Å²) in [7, 11) is 0. The summed E-state index contributed by atoms with van der Waals surface area (Å²) in [5.41, 5.74) is 3.85. The Bertz CT molecular complexity index is 4730. The molecular formula is C96H104Br2Cl5IN8O8. The second kappa shape index (κ2) is 40.0. The van der Waals surface area contributed by atoms with Crippen molar-refractivity contribution in [3.8, 4) is 70.3 Å². The van der Waals surface area contributed by atoms with Crippen LogP contribution < -0.4 is 40.2 Å². The molecule has 0 bridgehead atoms.